The molecule has 0 atom stereocenters. The number of hydrogen-bond donors (Lipinski definition) is 2. The van der Waals surface area contributed by atoms with Crippen LogP contribution in [0, 0.1) is 0 Å². The molecule has 0 bridgehead atoms. The summed E-state index contributed by atoms with van der Waals surface area (Å²) in [4.78, 5) is 0. The van der Waals surface area contributed by atoms with Gasteiger partial charge in [-0.25, -0.2) is 0 Å². The van der Waals surface area contributed by atoms with Gasteiger partial charge in [0.05, 0.1) is 5.76 Å². The highest BCUT2D eigenvalue weighted by Gasteiger charge is 1.88. The molecule has 0 saturated carbocycles. The second kappa shape index (κ2) is 3.72. The first-order valence-corrected chi connectivity index (χ1v) is 2.90. The van der Waals surface area contributed by atoms with Gasteiger partial charge in [0.25, 0.3) is 0 Å². The van der Waals surface area contributed by atoms with Crippen molar-refractivity contribution in [2.24, 2.45) is 0 Å². The maximum Gasteiger partial charge on any atom is 0.144 e. The zero-order chi connectivity index (χ0) is 6.57. The summed E-state index contributed by atoms with van der Waals surface area (Å²) in [6.45, 7) is 0. The van der Waals surface area contributed by atoms with E-state index in [0.717, 1.165) is 5.47 Å². The van der Waals surface area contributed by atoms with Gasteiger partial charge < -0.3 is 5.11 Å². The largest absolute Gasteiger partial charge is 0.510 e. The van der Waals surface area contributed by atoms with Gasteiger partial charge in [0.15, 0.2) is 0 Å². The van der Waals surface area contributed by atoms with Gasteiger partial charge in [-0.2, -0.15) is 12.6 Å². The van der Waals surface area contributed by atoms with Crippen LogP contribution in [0.25, 0.3) is 0 Å². The van der Waals surface area contributed by atoms with E-state index in [-0.39, 0.29) is 0 Å². The number of aliphatic hydroxyl groups excluding tert-OH is 1. The van der Waals surface area contributed by atoms with Crippen molar-refractivity contribution in [3.63, 3.8) is 0 Å². The summed E-state index contributed by atoms with van der Waals surface area (Å²) in [5.74, 6) is 1.92. The minimum Gasteiger partial charge on any atom is -0.510 e. The third-order valence-electron chi connectivity index (χ3n) is 0.871. The topological polar surface area (TPSA) is 20.2 Å². The molecule has 0 spiro atoms. The second-order valence-electron chi connectivity index (χ2n) is 1.49. The van der Waals surface area contributed by atoms with E-state index in [0.29, 0.717) is 5.76 Å². The Morgan fingerprint density at radius 3 is 2.25 bits per heavy atom. The van der Waals surface area contributed by atoms with E-state index in [1.807, 2.05) is 0 Å². The van der Waals surface area contributed by atoms with Crippen LogP contribution in [0.3, 0.4) is 0 Å². The van der Waals surface area contributed by atoms with Crippen LogP contribution in [-0.2, 0) is 0 Å². The quantitative estimate of drug-likeness (QED) is 0.208. The molecule has 0 aromatic carbocycles. The lowest BCUT2D eigenvalue weighted by Crippen LogP contribution is -1.85. The van der Waals surface area contributed by atoms with Gasteiger partial charge in [-0.05, 0) is 10.9 Å². The van der Waals surface area contributed by atoms with Gasteiger partial charge in [-0.3, -0.25) is 0 Å². The molecule has 0 radical (unpaired) electrons. The number of hydrogen-bond acceptors (Lipinski definition) is 2. The Hall–Kier alpha value is -0.240. The summed E-state index contributed by atoms with van der Waals surface area (Å²) in [7, 11) is 3.57. The SMILES string of the molecule is B/C=C(O)\C(B)=C\S. The van der Waals surface area contributed by atoms with E-state index < -0.39 is 0 Å². The lowest BCUT2D eigenvalue weighted by molar-refractivity contribution is 0.431. The summed E-state index contributed by atoms with van der Waals surface area (Å²) < 4.78 is 0. The van der Waals surface area contributed by atoms with Crippen LogP contribution in [0.4, 0.5) is 0 Å². The Balaban J connectivity index is 4.04. The Kier molecular flexibility index (Phi) is 3.61. The predicted octanol–water partition coefficient (Wildman–Crippen LogP) is -0.577. The molecule has 0 rings (SSSR count). The van der Waals surface area contributed by atoms with Crippen LogP contribution >= 0.6 is 12.6 Å². The van der Waals surface area contributed by atoms with Gasteiger partial charge in [0.1, 0.15) is 15.7 Å². The average molecular weight is 126 g/mol. The van der Waals surface area contributed by atoms with Crippen molar-refractivity contribution < 1.29 is 5.11 Å². The molecule has 0 heterocycles. The van der Waals surface area contributed by atoms with E-state index in [4.69, 9.17) is 5.11 Å². The normalized spacial score (nSPS) is 14.1. The fraction of sp³-hybridized carbons (Fsp3) is 0. The molecule has 42 valence electrons. The van der Waals surface area contributed by atoms with Gasteiger partial charge in [-0.1, -0.05) is 5.98 Å². The van der Waals surface area contributed by atoms with Gasteiger partial charge >= 0.3 is 0 Å². The van der Waals surface area contributed by atoms with Crippen molar-refractivity contribution >= 4 is 28.3 Å². The fourth-order valence-corrected chi connectivity index (χ4v) is 0.426. The molecule has 0 aromatic rings. The van der Waals surface area contributed by atoms with Gasteiger partial charge in [0.2, 0.25) is 0 Å². The molecule has 0 aromatic heterocycles. The Morgan fingerprint density at radius 2 is 2.12 bits per heavy atom. The molecular weight excluding hydrogens is 118 g/mol. The zero-order valence-electron chi connectivity index (χ0n) is 5.05. The van der Waals surface area contributed by atoms with Crippen molar-refractivity contribution in [3.8, 4) is 0 Å². The standard InChI is InChI=1S/C4H8B2OS/c5-1-4(7)3(6)2-8/h1-2,7-8H,5-6H2/b3-2-,4-1+. The minimum absolute atomic E-state index is 0.292. The minimum atomic E-state index is 0.292. The van der Waals surface area contributed by atoms with E-state index in [1.165, 1.54) is 0 Å². The highest BCUT2D eigenvalue weighted by Crippen LogP contribution is 2.00. The highest BCUT2D eigenvalue weighted by molar-refractivity contribution is 7.83. The maximum atomic E-state index is 8.87. The van der Waals surface area contributed by atoms with Crippen molar-refractivity contribution in [1.82, 2.24) is 0 Å². The third-order valence-corrected chi connectivity index (χ3v) is 1.26. The van der Waals surface area contributed by atoms with Crippen LogP contribution in [0.1, 0.15) is 0 Å². The van der Waals surface area contributed by atoms with E-state index >= 15 is 0 Å². The summed E-state index contributed by atoms with van der Waals surface area (Å²) in [5.41, 5.74) is 0.788. The monoisotopic (exact) mass is 126 g/mol. The lowest BCUT2D eigenvalue weighted by atomic mass is 9.93. The van der Waals surface area contributed by atoms with E-state index in [2.05, 4.69) is 12.6 Å². The Bertz CT molecular complexity index is 114. The molecular formula is C4H8B2OS. The zero-order valence-corrected chi connectivity index (χ0v) is 5.94. The molecule has 1 N–H and O–H groups in total. The summed E-state index contributed by atoms with van der Waals surface area (Å²) >= 11 is 3.85. The molecule has 0 aliphatic heterocycles. The number of rotatable bonds is 1. The van der Waals surface area contributed by atoms with Crippen molar-refractivity contribution in [1.29, 1.82) is 0 Å². The third kappa shape index (κ3) is 2.17. The van der Waals surface area contributed by atoms with Gasteiger partial charge in [0, 0.05) is 0 Å². The maximum absolute atomic E-state index is 8.87. The first-order valence-electron chi connectivity index (χ1n) is 2.39. The molecule has 0 aliphatic rings. The molecule has 0 fully saturated rings. The summed E-state index contributed by atoms with van der Waals surface area (Å²) in [6.07, 6.45) is 0. The second-order valence-corrected chi connectivity index (χ2v) is 1.74. The predicted molar refractivity (Wildman–Crippen MR) is 44.9 cm³/mol. The molecule has 0 aliphatic carbocycles. The van der Waals surface area contributed by atoms with Crippen molar-refractivity contribution in [2.75, 3.05) is 0 Å². The van der Waals surface area contributed by atoms with Crippen molar-refractivity contribution in [3.05, 3.63) is 22.6 Å². The highest BCUT2D eigenvalue weighted by atomic mass is 32.1. The molecule has 8 heavy (non-hydrogen) atoms. The summed E-state index contributed by atoms with van der Waals surface area (Å²) in [6, 6.07) is 0. The van der Waals surface area contributed by atoms with E-state index in [9.17, 15) is 0 Å². The molecule has 0 amide bonds. The van der Waals surface area contributed by atoms with Crippen LogP contribution in [0.15, 0.2) is 22.6 Å². The summed E-state index contributed by atoms with van der Waals surface area (Å²) in [5, 5.41) is 10.4. The van der Waals surface area contributed by atoms with E-state index in [1.54, 1.807) is 27.1 Å². The molecule has 0 saturated heterocycles. The van der Waals surface area contributed by atoms with Crippen molar-refractivity contribution in [2.45, 2.75) is 0 Å². The number of aliphatic hydroxyl groups is 1. The smallest absolute Gasteiger partial charge is 0.144 e. The van der Waals surface area contributed by atoms with Crippen LogP contribution in [-0.4, -0.2) is 20.8 Å². The molecule has 0 unspecified atom stereocenters. The number of allylic oxidation sites excluding steroid dienone is 1. The molecule has 4 heteroatoms. The Labute approximate surface area is 56.7 Å². The van der Waals surface area contributed by atoms with Gasteiger partial charge in [-0.15, -0.1) is 0 Å². The van der Waals surface area contributed by atoms with Crippen LogP contribution in [0.5, 0.6) is 0 Å². The first kappa shape index (κ1) is 7.76. The molecule has 1 nitrogen and oxygen atoms in total. The number of thiol groups is 1. The van der Waals surface area contributed by atoms with Crippen LogP contribution < -0.4 is 0 Å². The first-order chi connectivity index (χ1) is 3.72. The average Bonchev–Trinajstić information content (AvgIpc) is 1.84. The Morgan fingerprint density at radius 1 is 1.62 bits per heavy atom. The fourth-order valence-electron chi connectivity index (χ4n) is 0.294. The lowest BCUT2D eigenvalue weighted by Gasteiger charge is -1.93. The van der Waals surface area contributed by atoms with Crippen LogP contribution in [0.2, 0.25) is 0 Å².